The maximum atomic E-state index is 13.1. The highest BCUT2D eigenvalue weighted by molar-refractivity contribution is 6.36. The van der Waals surface area contributed by atoms with Crippen molar-refractivity contribution in [3.8, 4) is 11.3 Å². The summed E-state index contributed by atoms with van der Waals surface area (Å²) in [5.74, 6) is 1.53. The summed E-state index contributed by atoms with van der Waals surface area (Å²) in [5, 5.41) is 4.47. The van der Waals surface area contributed by atoms with Gasteiger partial charge in [-0.05, 0) is 85.6 Å². The second kappa shape index (κ2) is 6.03. The summed E-state index contributed by atoms with van der Waals surface area (Å²) in [6.45, 7) is 4.81. The topological polar surface area (TPSA) is 42.2 Å². The van der Waals surface area contributed by atoms with Crippen molar-refractivity contribution in [3.05, 3.63) is 46.1 Å². The van der Waals surface area contributed by atoms with Crippen LogP contribution >= 0.6 is 23.2 Å². The van der Waals surface area contributed by atoms with E-state index in [1.807, 2.05) is 6.07 Å². The van der Waals surface area contributed by atoms with Crippen LogP contribution in [0.25, 0.3) is 11.3 Å². The highest BCUT2D eigenvalue weighted by Gasteiger charge is 2.60. The van der Waals surface area contributed by atoms with Gasteiger partial charge in [0.1, 0.15) is 5.76 Å². The molecule has 1 N–H and O–H groups in total. The van der Waals surface area contributed by atoms with Crippen LogP contribution in [0.2, 0.25) is 10.0 Å². The molecule has 148 valence electrons. The monoisotopic (exact) mass is 417 g/mol. The van der Waals surface area contributed by atoms with E-state index < -0.39 is 0 Å². The maximum Gasteiger partial charge on any atom is 0.287 e. The number of hydrogen-bond acceptors (Lipinski definition) is 2. The average molecular weight is 418 g/mol. The number of benzene rings is 1. The van der Waals surface area contributed by atoms with Gasteiger partial charge in [-0.15, -0.1) is 0 Å². The van der Waals surface area contributed by atoms with Crippen molar-refractivity contribution in [2.45, 2.75) is 57.9 Å². The van der Waals surface area contributed by atoms with E-state index in [0.29, 0.717) is 32.4 Å². The Morgan fingerprint density at radius 2 is 1.75 bits per heavy atom. The number of amides is 1. The van der Waals surface area contributed by atoms with Crippen LogP contribution in [0, 0.1) is 16.7 Å². The molecule has 4 fully saturated rings. The smallest absolute Gasteiger partial charge is 0.287 e. The van der Waals surface area contributed by atoms with E-state index in [1.165, 1.54) is 19.3 Å². The molecule has 0 radical (unpaired) electrons. The molecular weight excluding hydrogens is 393 g/mol. The van der Waals surface area contributed by atoms with Gasteiger partial charge in [0.2, 0.25) is 0 Å². The van der Waals surface area contributed by atoms with E-state index in [0.717, 1.165) is 30.7 Å². The van der Waals surface area contributed by atoms with E-state index in [9.17, 15) is 4.79 Å². The Hall–Kier alpha value is -1.45. The largest absolute Gasteiger partial charge is 0.451 e. The Labute approximate surface area is 175 Å². The first kappa shape index (κ1) is 18.6. The molecule has 4 aliphatic carbocycles. The molecule has 3 nitrogen and oxygen atoms in total. The second-order valence-electron chi connectivity index (χ2n) is 10.2. The standard InChI is InChI=1S/C23H25Cl2NO2/c1-21-8-14-9-22(2,11-21)13-23(10-14,12-21)26-20(27)19-6-5-18(28-19)16-4-3-15(24)7-17(16)25/h3-7,14H,8-13H2,1-2H3,(H,26,27). The number of nitrogens with one attached hydrogen (secondary N) is 1. The SMILES string of the molecule is CC12CC3CC(C)(C1)CC(NC(=O)c1ccc(-c4ccc(Cl)cc4Cl)o1)(C3)C2. The fourth-order valence-electron chi connectivity index (χ4n) is 7.18. The van der Waals surface area contributed by atoms with Crippen LogP contribution < -0.4 is 5.32 Å². The van der Waals surface area contributed by atoms with Crippen LogP contribution in [0.15, 0.2) is 34.7 Å². The van der Waals surface area contributed by atoms with Gasteiger partial charge in [0.05, 0.1) is 5.02 Å². The molecule has 2 atom stereocenters. The van der Waals surface area contributed by atoms with Crippen LogP contribution in [-0.2, 0) is 0 Å². The van der Waals surface area contributed by atoms with Gasteiger partial charge in [0.25, 0.3) is 5.91 Å². The van der Waals surface area contributed by atoms with Gasteiger partial charge in [0, 0.05) is 16.1 Å². The van der Waals surface area contributed by atoms with Crippen molar-refractivity contribution in [1.29, 1.82) is 0 Å². The van der Waals surface area contributed by atoms with Gasteiger partial charge in [0.15, 0.2) is 5.76 Å². The second-order valence-corrected chi connectivity index (χ2v) is 11.0. The third-order valence-electron chi connectivity index (χ3n) is 7.03. The Balaban J connectivity index is 1.39. The third-order valence-corrected chi connectivity index (χ3v) is 7.58. The molecule has 2 unspecified atom stereocenters. The van der Waals surface area contributed by atoms with Gasteiger partial charge < -0.3 is 9.73 Å². The predicted molar refractivity (Wildman–Crippen MR) is 112 cm³/mol. The van der Waals surface area contributed by atoms with Crippen molar-refractivity contribution in [1.82, 2.24) is 5.32 Å². The summed E-state index contributed by atoms with van der Waals surface area (Å²) < 4.78 is 5.88. The minimum absolute atomic E-state index is 0.0924. The first-order valence-corrected chi connectivity index (χ1v) is 10.8. The molecule has 6 rings (SSSR count). The first-order valence-electron chi connectivity index (χ1n) is 10.0. The van der Waals surface area contributed by atoms with Crippen molar-refractivity contribution in [2.75, 3.05) is 0 Å². The van der Waals surface area contributed by atoms with Gasteiger partial charge in [-0.3, -0.25) is 4.79 Å². The third kappa shape index (κ3) is 3.07. The van der Waals surface area contributed by atoms with Crippen LogP contribution in [0.3, 0.4) is 0 Å². The Kier molecular flexibility index (Phi) is 4.00. The summed E-state index contributed by atoms with van der Waals surface area (Å²) in [6.07, 6.45) is 7.15. The molecule has 2 aromatic rings. The summed E-state index contributed by atoms with van der Waals surface area (Å²) in [5.41, 5.74) is 1.35. The zero-order valence-corrected chi connectivity index (χ0v) is 17.8. The summed E-state index contributed by atoms with van der Waals surface area (Å²) >= 11 is 12.3. The molecule has 4 bridgehead atoms. The Morgan fingerprint density at radius 3 is 2.39 bits per heavy atom. The highest BCUT2D eigenvalue weighted by atomic mass is 35.5. The quantitative estimate of drug-likeness (QED) is 0.600. The van der Waals surface area contributed by atoms with Crippen molar-refractivity contribution in [2.24, 2.45) is 16.7 Å². The number of rotatable bonds is 3. The molecule has 28 heavy (non-hydrogen) atoms. The predicted octanol–water partition coefficient (Wildman–Crippen LogP) is 6.73. The number of carbonyl (C=O) groups is 1. The van der Waals surface area contributed by atoms with Crippen LogP contribution in [0.4, 0.5) is 0 Å². The van der Waals surface area contributed by atoms with Crippen LogP contribution in [0.1, 0.15) is 62.9 Å². The van der Waals surface area contributed by atoms with E-state index in [1.54, 1.807) is 24.3 Å². The van der Waals surface area contributed by atoms with Gasteiger partial charge in [-0.1, -0.05) is 37.0 Å². The summed E-state index contributed by atoms with van der Waals surface area (Å²) in [4.78, 5) is 13.1. The zero-order valence-electron chi connectivity index (χ0n) is 16.3. The Morgan fingerprint density at radius 1 is 1.04 bits per heavy atom. The first-order chi connectivity index (χ1) is 13.2. The number of carbonyl (C=O) groups excluding carboxylic acids is 1. The lowest BCUT2D eigenvalue weighted by Crippen LogP contribution is -2.65. The Bertz CT molecular complexity index is 947. The fraction of sp³-hybridized carbons (Fsp3) is 0.522. The molecule has 1 amide bonds. The van der Waals surface area contributed by atoms with Crippen molar-refractivity contribution >= 4 is 29.1 Å². The minimum Gasteiger partial charge on any atom is -0.451 e. The van der Waals surface area contributed by atoms with Gasteiger partial charge >= 0.3 is 0 Å². The number of furan rings is 1. The van der Waals surface area contributed by atoms with Crippen molar-refractivity contribution in [3.63, 3.8) is 0 Å². The van der Waals surface area contributed by atoms with Gasteiger partial charge in [-0.2, -0.15) is 0 Å². The highest BCUT2D eigenvalue weighted by Crippen LogP contribution is 2.66. The van der Waals surface area contributed by atoms with Gasteiger partial charge in [-0.25, -0.2) is 0 Å². The molecule has 4 aliphatic rings. The zero-order chi connectivity index (χ0) is 19.7. The molecule has 1 aromatic heterocycles. The van der Waals surface area contributed by atoms with E-state index >= 15 is 0 Å². The van der Waals surface area contributed by atoms with Crippen molar-refractivity contribution < 1.29 is 9.21 Å². The van der Waals surface area contributed by atoms with Crippen LogP contribution in [0.5, 0.6) is 0 Å². The molecule has 0 saturated heterocycles. The normalized spacial score (nSPS) is 35.9. The molecule has 1 aromatic carbocycles. The van der Waals surface area contributed by atoms with E-state index in [4.69, 9.17) is 27.6 Å². The number of halogens is 2. The summed E-state index contributed by atoms with van der Waals surface area (Å²) in [6, 6.07) is 8.79. The molecule has 0 spiro atoms. The van der Waals surface area contributed by atoms with E-state index in [-0.39, 0.29) is 11.4 Å². The lowest BCUT2D eigenvalue weighted by molar-refractivity contribution is -0.114. The molecule has 5 heteroatoms. The minimum atomic E-state index is -0.120. The number of hydrogen-bond donors (Lipinski definition) is 1. The maximum absolute atomic E-state index is 13.1. The molecule has 4 saturated carbocycles. The average Bonchev–Trinajstić information content (AvgIpc) is 3.00. The van der Waals surface area contributed by atoms with Crippen LogP contribution in [-0.4, -0.2) is 11.4 Å². The summed E-state index contributed by atoms with van der Waals surface area (Å²) in [7, 11) is 0. The lowest BCUT2D eigenvalue weighted by Gasteiger charge is -2.65. The molecular formula is C23H25Cl2NO2. The molecule has 1 heterocycles. The lowest BCUT2D eigenvalue weighted by atomic mass is 9.43. The molecule has 0 aliphatic heterocycles. The van der Waals surface area contributed by atoms with E-state index in [2.05, 4.69) is 19.2 Å². The fourth-order valence-corrected chi connectivity index (χ4v) is 7.69.